The number of rotatable bonds is 9. The largest absolute Gasteiger partial charge is 0.435 e. The lowest BCUT2D eigenvalue weighted by Crippen LogP contribution is -2.66. The van der Waals surface area contributed by atoms with Gasteiger partial charge >= 0.3 is 8.56 Å². The van der Waals surface area contributed by atoms with E-state index in [0.717, 1.165) is 13.1 Å². The summed E-state index contributed by atoms with van der Waals surface area (Å²) in [5.74, 6) is 0.164. The standard InChI is InChI=1S/C10H28N2O2Si3/c1-8-11-10(12-9-2)17(7,13-15-3)14-16(4,5)6/h10-12H,8-9H2,1-7H3. The zero-order chi connectivity index (χ0) is 13.5. The summed E-state index contributed by atoms with van der Waals surface area (Å²) >= 11 is 0. The molecule has 0 fully saturated rings. The van der Waals surface area contributed by atoms with E-state index < -0.39 is 16.9 Å². The molecule has 0 saturated heterocycles. The summed E-state index contributed by atoms with van der Waals surface area (Å²) in [7, 11) is -3.32. The topological polar surface area (TPSA) is 42.5 Å². The minimum Gasteiger partial charge on any atom is -0.435 e. The highest BCUT2D eigenvalue weighted by Gasteiger charge is 2.43. The molecule has 0 heterocycles. The molecule has 0 aliphatic rings. The second-order valence-corrected chi connectivity index (χ2v) is 14.0. The Bertz CT molecular complexity index is 208. The van der Waals surface area contributed by atoms with Gasteiger partial charge in [0.15, 0.2) is 8.32 Å². The molecule has 0 aliphatic heterocycles. The third kappa shape index (κ3) is 6.85. The van der Waals surface area contributed by atoms with Gasteiger partial charge in [-0.25, -0.2) is 0 Å². The van der Waals surface area contributed by atoms with Gasteiger partial charge in [-0.1, -0.05) is 13.8 Å². The van der Waals surface area contributed by atoms with E-state index in [-0.39, 0.29) is 5.79 Å². The summed E-state index contributed by atoms with van der Waals surface area (Å²) in [5, 5.41) is 6.92. The van der Waals surface area contributed by atoms with Crippen LogP contribution in [0.15, 0.2) is 0 Å². The van der Waals surface area contributed by atoms with Crippen LogP contribution in [0, 0.1) is 0 Å². The maximum Gasteiger partial charge on any atom is 0.346 e. The van der Waals surface area contributed by atoms with E-state index in [1.165, 1.54) is 0 Å². The molecule has 0 bridgehead atoms. The number of nitrogens with one attached hydrogen (secondary N) is 2. The maximum absolute atomic E-state index is 6.37. The average Bonchev–Trinajstić information content (AvgIpc) is 2.15. The fourth-order valence-electron chi connectivity index (χ4n) is 1.80. The Kier molecular flexibility index (Phi) is 8.05. The van der Waals surface area contributed by atoms with Crippen LogP contribution in [0.1, 0.15) is 13.8 Å². The molecule has 1 unspecified atom stereocenters. The molecule has 0 spiro atoms. The fourth-order valence-corrected chi connectivity index (χ4v) is 10.9. The Labute approximate surface area is 111 Å². The van der Waals surface area contributed by atoms with Crippen LogP contribution in [-0.4, -0.2) is 45.5 Å². The van der Waals surface area contributed by atoms with E-state index in [0.29, 0.717) is 9.76 Å². The van der Waals surface area contributed by atoms with E-state index in [2.05, 4.69) is 57.2 Å². The van der Waals surface area contributed by atoms with E-state index in [1.807, 2.05) is 0 Å². The van der Waals surface area contributed by atoms with Crippen molar-refractivity contribution in [2.24, 2.45) is 0 Å². The van der Waals surface area contributed by atoms with E-state index in [1.54, 1.807) is 0 Å². The predicted molar refractivity (Wildman–Crippen MR) is 79.9 cm³/mol. The minimum atomic E-state index is -2.20. The van der Waals surface area contributed by atoms with Gasteiger partial charge in [-0.05, 0) is 45.8 Å². The molecule has 0 rings (SSSR count). The van der Waals surface area contributed by atoms with Crippen LogP contribution in [0.4, 0.5) is 0 Å². The third-order valence-electron chi connectivity index (χ3n) is 2.15. The zero-order valence-electron chi connectivity index (χ0n) is 12.3. The summed E-state index contributed by atoms with van der Waals surface area (Å²) in [6.07, 6.45) is 0. The molecular formula is C10H28N2O2Si3. The van der Waals surface area contributed by atoms with Gasteiger partial charge in [-0.3, -0.25) is 0 Å². The Morgan fingerprint density at radius 2 is 1.53 bits per heavy atom. The van der Waals surface area contributed by atoms with Gasteiger partial charge in [-0.15, -0.1) is 0 Å². The second-order valence-electron chi connectivity index (χ2n) is 5.08. The minimum absolute atomic E-state index is 0.164. The van der Waals surface area contributed by atoms with Crippen molar-refractivity contribution in [1.82, 2.24) is 10.6 Å². The number of hydrogen-bond acceptors (Lipinski definition) is 4. The SMILES string of the molecule is CCNC(NCC)[Si](C)(O[Si]C)O[Si](C)(C)C. The molecule has 0 aromatic heterocycles. The van der Waals surface area contributed by atoms with Crippen molar-refractivity contribution in [3.8, 4) is 0 Å². The van der Waals surface area contributed by atoms with Crippen LogP contribution >= 0.6 is 0 Å². The first-order chi connectivity index (χ1) is 7.79. The Morgan fingerprint density at radius 3 is 1.82 bits per heavy atom. The summed E-state index contributed by atoms with van der Waals surface area (Å²) in [6, 6.07) is 0. The Morgan fingerprint density at radius 1 is 1.06 bits per heavy atom. The zero-order valence-corrected chi connectivity index (χ0v) is 15.3. The molecule has 7 heteroatoms. The van der Waals surface area contributed by atoms with E-state index in [9.17, 15) is 0 Å². The lowest BCUT2D eigenvalue weighted by molar-refractivity contribution is 0.343. The molecule has 0 aliphatic carbocycles. The van der Waals surface area contributed by atoms with Crippen molar-refractivity contribution in [3.63, 3.8) is 0 Å². The van der Waals surface area contributed by atoms with Crippen LogP contribution in [0.2, 0.25) is 32.7 Å². The normalized spacial score (nSPS) is 16.2. The summed E-state index contributed by atoms with van der Waals surface area (Å²) < 4.78 is 12.4. The fraction of sp³-hybridized carbons (Fsp3) is 1.00. The molecule has 102 valence electrons. The van der Waals surface area contributed by atoms with Crippen LogP contribution < -0.4 is 10.6 Å². The molecule has 1 atom stereocenters. The first-order valence-electron chi connectivity index (χ1n) is 6.30. The molecule has 0 aromatic carbocycles. The third-order valence-corrected chi connectivity index (χ3v) is 10.1. The lowest BCUT2D eigenvalue weighted by Gasteiger charge is -2.39. The number of hydrogen-bond donors (Lipinski definition) is 2. The van der Waals surface area contributed by atoms with Crippen LogP contribution in [0.25, 0.3) is 0 Å². The average molecular weight is 293 g/mol. The molecule has 0 aromatic rings. The van der Waals surface area contributed by atoms with Gasteiger partial charge in [0.1, 0.15) is 0 Å². The molecular weight excluding hydrogens is 264 g/mol. The van der Waals surface area contributed by atoms with Gasteiger partial charge in [0.05, 0.1) is 5.79 Å². The molecule has 17 heavy (non-hydrogen) atoms. The Hall–Kier alpha value is 0.491. The van der Waals surface area contributed by atoms with Gasteiger partial charge in [-0.2, -0.15) is 0 Å². The highest BCUT2D eigenvalue weighted by Crippen LogP contribution is 2.18. The monoisotopic (exact) mass is 292 g/mol. The van der Waals surface area contributed by atoms with Crippen molar-refractivity contribution in [2.75, 3.05) is 13.1 Å². The summed E-state index contributed by atoms with van der Waals surface area (Å²) in [5.41, 5.74) is 0. The first kappa shape index (κ1) is 17.5. The van der Waals surface area contributed by atoms with Crippen molar-refractivity contribution in [1.29, 1.82) is 0 Å². The molecule has 4 nitrogen and oxygen atoms in total. The second kappa shape index (κ2) is 7.82. The van der Waals surface area contributed by atoms with Crippen LogP contribution in [0.3, 0.4) is 0 Å². The maximum atomic E-state index is 6.37. The Balaban J connectivity index is 4.84. The summed E-state index contributed by atoms with van der Waals surface area (Å²) in [4.78, 5) is 0. The molecule has 2 N–H and O–H groups in total. The van der Waals surface area contributed by atoms with Crippen molar-refractivity contribution >= 4 is 26.6 Å². The van der Waals surface area contributed by atoms with Crippen molar-refractivity contribution < 1.29 is 8.23 Å². The van der Waals surface area contributed by atoms with E-state index in [4.69, 9.17) is 8.23 Å². The van der Waals surface area contributed by atoms with Crippen LogP contribution in [-0.2, 0) is 8.23 Å². The predicted octanol–water partition coefficient (Wildman–Crippen LogP) is 1.68. The highest BCUT2D eigenvalue weighted by atomic mass is 28.5. The van der Waals surface area contributed by atoms with Gasteiger partial charge in [0.2, 0.25) is 9.76 Å². The van der Waals surface area contributed by atoms with Gasteiger partial charge in [0, 0.05) is 0 Å². The molecule has 0 saturated carbocycles. The first-order valence-corrected chi connectivity index (χ1v) is 13.5. The van der Waals surface area contributed by atoms with E-state index >= 15 is 0 Å². The van der Waals surface area contributed by atoms with Gasteiger partial charge in [0.25, 0.3) is 0 Å². The van der Waals surface area contributed by atoms with Crippen LogP contribution in [0.5, 0.6) is 0 Å². The van der Waals surface area contributed by atoms with Crippen molar-refractivity contribution in [3.05, 3.63) is 0 Å². The smallest absolute Gasteiger partial charge is 0.346 e. The highest BCUT2D eigenvalue weighted by molar-refractivity contribution is 6.84. The summed E-state index contributed by atoms with van der Waals surface area (Å²) in [6.45, 7) is 17.0. The molecule has 0 amide bonds. The quantitative estimate of drug-likeness (QED) is 0.501. The van der Waals surface area contributed by atoms with Gasteiger partial charge < -0.3 is 18.9 Å². The lowest BCUT2D eigenvalue weighted by atomic mass is 10.7. The van der Waals surface area contributed by atoms with Crippen molar-refractivity contribution in [2.45, 2.75) is 52.4 Å². The molecule has 2 radical (unpaired) electrons.